The zero-order valence-corrected chi connectivity index (χ0v) is 15.1. The minimum absolute atomic E-state index is 0.107. The van der Waals surface area contributed by atoms with E-state index in [1.165, 1.54) is 18.2 Å². The second-order valence-electron chi connectivity index (χ2n) is 6.06. The molecule has 1 aliphatic heterocycles. The average Bonchev–Trinajstić information content (AvgIpc) is 3.15. The molecule has 1 heterocycles. The molecule has 1 saturated heterocycles. The van der Waals surface area contributed by atoms with Crippen LogP contribution in [0.2, 0.25) is 0 Å². The van der Waals surface area contributed by atoms with Crippen LogP contribution in [0.25, 0.3) is 0 Å². The summed E-state index contributed by atoms with van der Waals surface area (Å²) in [5.41, 5.74) is -0.492. The molecule has 0 saturated carbocycles. The Kier molecular flexibility index (Phi) is 5.83. The van der Waals surface area contributed by atoms with Crippen LogP contribution in [0.4, 0.5) is 14.5 Å². The Morgan fingerprint density at radius 2 is 1.93 bits per heavy atom. The summed E-state index contributed by atoms with van der Waals surface area (Å²) in [5.74, 6) is -2.52. The van der Waals surface area contributed by atoms with Crippen molar-refractivity contribution in [2.75, 3.05) is 18.5 Å². The van der Waals surface area contributed by atoms with Crippen molar-refractivity contribution >= 4 is 21.6 Å². The normalized spacial score (nSPS) is 17.0. The summed E-state index contributed by atoms with van der Waals surface area (Å²) >= 11 is 0. The SMILES string of the molecule is O=C(Nc1ccc(S(=O)(=O)NC[C@H]2CCCO2)cc1F)c1ccccc1F. The van der Waals surface area contributed by atoms with Gasteiger partial charge in [-0.05, 0) is 43.2 Å². The lowest BCUT2D eigenvalue weighted by atomic mass is 10.2. The molecule has 2 N–H and O–H groups in total. The predicted octanol–water partition coefficient (Wildman–Crippen LogP) is 2.67. The van der Waals surface area contributed by atoms with E-state index in [-0.39, 0.29) is 28.8 Å². The van der Waals surface area contributed by atoms with Crippen molar-refractivity contribution in [1.82, 2.24) is 4.72 Å². The number of rotatable bonds is 6. The van der Waals surface area contributed by atoms with E-state index in [1.54, 1.807) is 0 Å². The number of sulfonamides is 1. The Hall–Kier alpha value is -2.36. The summed E-state index contributed by atoms with van der Waals surface area (Å²) in [4.78, 5) is 11.8. The lowest BCUT2D eigenvalue weighted by Gasteiger charge is -2.12. The van der Waals surface area contributed by atoms with Gasteiger partial charge in [0.05, 0.1) is 22.3 Å². The van der Waals surface area contributed by atoms with Gasteiger partial charge >= 0.3 is 0 Å². The van der Waals surface area contributed by atoms with Gasteiger partial charge in [-0.15, -0.1) is 0 Å². The van der Waals surface area contributed by atoms with Crippen LogP contribution >= 0.6 is 0 Å². The summed E-state index contributed by atoms with van der Waals surface area (Å²) in [6, 6.07) is 8.36. The Balaban J connectivity index is 1.71. The Morgan fingerprint density at radius 3 is 2.59 bits per heavy atom. The number of amides is 1. The molecule has 2 aromatic carbocycles. The van der Waals surface area contributed by atoms with Crippen LogP contribution in [0.1, 0.15) is 23.2 Å². The molecule has 6 nitrogen and oxygen atoms in total. The van der Waals surface area contributed by atoms with Crippen LogP contribution in [0.3, 0.4) is 0 Å². The molecule has 2 aromatic rings. The van der Waals surface area contributed by atoms with Gasteiger partial charge in [-0.25, -0.2) is 21.9 Å². The number of halogens is 2. The first-order valence-corrected chi connectivity index (χ1v) is 9.82. The van der Waals surface area contributed by atoms with Gasteiger partial charge in [0.2, 0.25) is 10.0 Å². The van der Waals surface area contributed by atoms with Gasteiger partial charge in [-0.2, -0.15) is 0 Å². The lowest BCUT2D eigenvalue weighted by Crippen LogP contribution is -2.31. The number of carbonyl (C=O) groups excluding carboxylic acids is 1. The van der Waals surface area contributed by atoms with Crippen LogP contribution in [0.15, 0.2) is 47.4 Å². The Labute approximate surface area is 155 Å². The Morgan fingerprint density at radius 1 is 1.15 bits per heavy atom. The zero-order valence-electron chi connectivity index (χ0n) is 14.2. The maximum absolute atomic E-state index is 14.3. The molecule has 9 heteroatoms. The van der Waals surface area contributed by atoms with Crippen LogP contribution in [-0.2, 0) is 14.8 Å². The van der Waals surface area contributed by atoms with Gasteiger partial charge in [0.25, 0.3) is 5.91 Å². The highest BCUT2D eigenvalue weighted by molar-refractivity contribution is 7.89. The van der Waals surface area contributed by atoms with Gasteiger partial charge < -0.3 is 10.1 Å². The number of hydrogen-bond acceptors (Lipinski definition) is 4. The maximum atomic E-state index is 14.3. The maximum Gasteiger partial charge on any atom is 0.258 e. The van der Waals surface area contributed by atoms with Crippen molar-refractivity contribution in [3.05, 3.63) is 59.7 Å². The summed E-state index contributed by atoms with van der Waals surface area (Å²) in [6.45, 7) is 0.702. The fourth-order valence-electron chi connectivity index (χ4n) is 2.69. The molecule has 144 valence electrons. The molecule has 0 radical (unpaired) electrons. The van der Waals surface area contributed by atoms with Crippen molar-refractivity contribution in [3.8, 4) is 0 Å². The molecule has 0 bridgehead atoms. The molecular weight excluding hydrogens is 378 g/mol. The molecule has 0 aromatic heterocycles. The molecule has 1 atom stereocenters. The fourth-order valence-corrected chi connectivity index (χ4v) is 3.77. The number of anilines is 1. The van der Waals surface area contributed by atoms with Crippen molar-refractivity contribution in [1.29, 1.82) is 0 Å². The van der Waals surface area contributed by atoms with Gasteiger partial charge in [-0.1, -0.05) is 12.1 Å². The highest BCUT2D eigenvalue weighted by atomic mass is 32.2. The predicted molar refractivity (Wildman–Crippen MR) is 94.9 cm³/mol. The second kappa shape index (κ2) is 8.12. The third-order valence-corrected chi connectivity index (χ3v) is 5.56. The molecule has 1 fully saturated rings. The first-order chi connectivity index (χ1) is 12.9. The molecule has 27 heavy (non-hydrogen) atoms. The topological polar surface area (TPSA) is 84.5 Å². The summed E-state index contributed by atoms with van der Waals surface area (Å²) in [5, 5.41) is 2.23. The minimum atomic E-state index is -3.92. The summed E-state index contributed by atoms with van der Waals surface area (Å²) < 4.78 is 60.2. The zero-order chi connectivity index (χ0) is 19.4. The van der Waals surface area contributed by atoms with Gasteiger partial charge in [0.1, 0.15) is 11.6 Å². The van der Waals surface area contributed by atoms with E-state index in [4.69, 9.17) is 4.74 Å². The van der Waals surface area contributed by atoms with Crippen molar-refractivity contribution in [2.45, 2.75) is 23.8 Å². The summed E-state index contributed by atoms with van der Waals surface area (Å²) in [7, 11) is -3.92. The average molecular weight is 396 g/mol. The quantitative estimate of drug-likeness (QED) is 0.786. The largest absolute Gasteiger partial charge is 0.377 e. The third-order valence-electron chi connectivity index (χ3n) is 4.14. The Bertz CT molecular complexity index is 944. The minimum Gasteiger partial charge on any atom is -0.377 e. The van der Waals surface area contributed by atoms with Crippen molar-refractivity contribution in [2.24, 2.45) is 0 Å². The molecule has 1 aliphatic rings. The fraction of sp³-hybridized carbons (Fsp3) is 0.278. The highest BCUT2D eigenvalue weighted by Gasteiger charge is 2.22. The lowest BCUT2D eigenvalue weighted by molar-refractivity contribution is 0.102. The highest BCUT2D eigenvalue weighted by Crippen LogP contribution is 2.21. The van der Waals surface area contributed by atoms with Crippen molar-refractivity contribution in [3.63, 3.8) is 0 Å². The number of carbonyl (C=O) groups is 1. The number of hydrogen-bond donors (Lipinski definition) is 2. The van der Waals surface area contributed by atoms with E-state index in [1.807, 2.05) is 0 Å². The standard InChI is InChI=1S/C18H18F2N2O4S/c19-15-6-2-1-5-14(15)18(23)22-17-8-7-13(10-16(17)20)27(24,25)21-11-12-4-3-9-26-12/h1-2,5-8,10,12,21H,3-4,9,11H2,(H,22,23)/t12-/m1/s1. The monoisotopic (exact) mass is 396 g/mol. The van der Waals surface area contributed by atoms with Gasteiger partial charge in [-0.3, -0.25) is 4.79 Å². The summed E-state index contributed by atoms with van der Waals surface area (Å²) in [6.07, 6.45) is 1.44. The van der Waals surface area contributed by atoms with E-state index in [0.29, 0.717) is 6.61 Å². The van der Waals surface area contributed by atoms with Gasteiger partial charge in [0, 0.05) is 13.2 Å². The van der Waals surface area contributed by atoms with E-state index in [0.717, 1.165) is 37.1 Å². The molecule has 0 unspecified atom stereocenters. The first-order valence-electron chi connectivity index (χ1n) is 8.33. The van der Waals surface area contributed by atoms with Crippen LogP contribution in [0.5, 0.6) is 0 Å². The van der Waals surface area contributed by atoms with Crippen LogP contribution in [-0.4, -0.2) is 33.6 Å². The number of ether oxygens (including phenoxy) is 1. The molecule has 0 aliphatic carbocycles. The van der Waals surface area contributed by atoms with Crippen LogP contribution < -0.4 is 10.0 Å². The number of benzene rings is 2. The smallest absolute Gasteiger partial charge is 0.258 e. The van der Waals surface area contributed by atoms with E-state index in [9.17, 15) is 22.0 Å². The number of nitrogens with one attached hydrogen (secondary N) is 2. The van der Waals surface area contributed by atoms with E-state index < -0.39 is 27.6 Å². The van der Waals surface area contributed by atoms with E-state index >= 15 is 0 Å². The first kappa shape index (κ1) is 19.4. The van der Waals surface area contributed by atoms with E-state index in [2.05, 4.69) is 10.0 Å². The molecular formula is C18H18F2N2O4S. The van der Waals surface area contributed by atoms with Crippen molar-refractivity contribution < 1.29 is 26.7 Å². The third kappa shape index (κ3) is 4.68. The molecule has 0 spiro atoms. The molecule has 3 rings (SSSR count). The molecule has 1 amide bonds. The second-order valence-corrected chi connectivity index (χ2v) is 7.83. The van der Waals surface area contributed by atoms with Gasteiger partial charge in [0.15, 0.2) is 0 Å². The van der Waals surface area contributed by atoms with Crippen LogP contribution in [0, 0.1) is 11.6 Å².